The first-order valence-corrected chi connectivity index (χ1v) is 6.92. The van der Waals surface area contributed by atoms with Crippen LogP contribution < -0.4 is 5.32 Å². The van der Waals surface area contributed by atoms with Crippen LogP contribution in [0, 0.1) is 0 Å². The average Bonchev–Trinajstić information content (AvgIpc) is 2.31. The van der Waals surface area contributed by atoms with E-state index in [-0.39, 0.29) is 19.0 Å². The Bertz CT molecular complexity index is 271. The standard InChI is InChI=1S/C13H25F3N2O2/c1-4-20-9-5-8-18(10-13(14,15)16)12(19)6-7-17-11(2)3/h11,17H,4-10H2,1-3H3. The zero-order valence-electron chi connectivity index (χ0n) is 12.4. The van der Waals surface area contributed by atoms with E-state index in [4.69, 9.17) is 4.74 Å². The van der Waals surface area contributed by atoms with Gasteiger partial charge in [0, 0.05) is 38.8 Å². The van der Waals surface area contributed by atoms with Gasteiger partial charge >= 0.3 is 6.18 Å². The van der Waals surface area contributed by atoms with Crippen molar-refractivity contribution in [3.8, 4) is 0 Å². The lowest BCUT2D eigenvalue weighted by molar-refractivity contribution is -0.161. The maximum atomic E-state index is 12.5. The first-order chi connectivity index (χ1) is 9.26. The molecular weight excluding hydrogens is 273 g/mol. The lowest BCUT2D eigenvalue weighted by Crippen LogP contribution is -2.41. The molecule has 0 radical (unpaired) electrons. The number of hydrogen-bond acceptors (Lipinski definition) is 3. The third kappa shape index (κ3) is 11.0. The SMILES string of the molecule is CCOCCCN(CC(F)(F)F)C(=O)CCNC(C)C. The normalized spacial score (nSPS) is 11.9. The summed E-state index contributed by atoms with van der Waals surface area (Å²) >= 11 is 0. The van der Waals surface area contributed by atoms with Crippen molar-refractivity contribution >= 4 is 5.91 Å². The van der Waals surface area contributed by atoms with Crippen molar-refractivity contribution < 1.29 is 22.7 Å². The Hall–Kier alpha value is -0.820. The van der Waals surface area contributed by atoms with Crippen molar-refractivity contribution in [2.45, 2.75) is 45.8 Å². The zero-order chi connectivity index (χ0) is 15.6. The predicted molar refractivity (Wildman–Crippen MR) is 71.5 cm³/mol. The number of rotatable bonds is 10. The Morgan fingerprint density at radius 1 is 1.35 bits per heavy atom. The van der Waals surface area contributed by atoms with Crippen molar-refractivity contribution in [3.05, 3.63) is 0 Å². The van der Waals surface area contributed by atoms with E-state index in [1.165, 1.54) is 0 Å². The van der Waals surface area contributed by atoms with Crippen LogP contribution in [0.4, 0.5) is 13.2 Å². The molecule has 0 aliphatic carbocycles. The number of halogens is 3. The molecule has 0 aliphatic heterocycles. The van der Waals surface area contributed by atoms with Gasteiger partial charge in [0.2, 0.25) is 5.91 Å². The van der Waals surface area contributed by atoms with E-state index in [1.807, 2.05) is 20.8 Å². The summed E-state index contributed by atoms with van der Waals surface area (Å²) in [6, 6.07) is 0.205. The van der Waals surface area contributed by atoms with Gasteiger partial charge in [0.15, 0.2) is 0 Å². The summed E-state index contributed by atoms with van der Waals surface area (Å²) in [6.45, 7) is 5.79. The molecule has 0 aliphatic rings. The molecule has 0 saturated heterocycles. The Morgan fingerprint density at radius 2 is 2.00 bits per heavy atom. The molecule has 120 valence electrons. The lowest BCUT2D eigenvalue weighted by atomic mass is 10.3. The van der Waals surface area contributed by atoms with Gasteiger partial charge in [0.05, 0.1) is 0 Å². The smallest absolute Gasteiger partial charge is 0.382 e. The highest BCUT2D eigenvalue weighted by atomic mass is 19.4. The van der Waals surface area contributed by atoms with Crippen LogP contribution in [-0.2, 0) is 9.53 Å². The number of alkyl halides is 3. The number of nitrogens with one attached hydrogen (secondary N) is 1. The van der Waals surface area contributed by atoms with Gasteiger partial charge in [-0.25, -0.2) is 0 Å². The van der Waals surface area contributed by atoms with E-state index < -0.39 is 18.6 Å². The van der Waals surface area contributed by atoms with Gasteiger partial charge in [0.1, 0.15) is 6.54 Å². The highest BCUT2D eigenvalue weighted by Gasteiger charge is 2.32. The molecule has 0 fully saturated rings. The second-order valence-corrected chi connectivity index (χ2v) is 4.84. The van der Waals surface area contributed by atoms with E-state index in [2.05, 4.69) is 5.32 Å². The quantitative estimate of drug-likeness (QED) is 0.629. The molecule has 20 heavy (non-hydrogen) atoms. The molecule has 0 rings (SSSR count). The molecule has 0 aromatic carbocycles. The van der Waals surface area contributed by atoms with Crippen molar-refractivity contribution in [3.63, 3.8) is 0 Å². The minimum atomic E-state index is -4.37. The molecule has 0 spiro atoms. The summed E-state index contributed by atoms with van der Waals surface area (Å²) in [6.07, 6.45) is -3.89. The molecule has 0 heterocycles. The maximum Gasteiger partial charge on any atom is 0.406 e. The number of ether oxygens (including phenoxy) is 1. The van der Waals surface area contributed by atoms with Crippen LogP contribution in [0.5, 0.6) is 0 Å². The topological polar surface area (TPSA) is 41.6 Å². The molecule has 1 N–H and O–H groups in total. The van der Waals surface area contributed by atoms with Gasteiger partial charge in [-0.2, -0.15) is 13.2 Å². The molecular formula is C13H25F3N2O2. The molecule has 0 saturated carbocycles. The van der Waals surface area contributed by atoms with Crippen LogP contribution in [0.25, 0.3) is 0 Å². The highest BCUT2D eigenvalue weighted by Crippen LogP contribution is 2.17. The Labute approximate surface area is 118 Å². The van der Waals surface area contributed by atoms with Crippen molar-refractivity contribution in [2.24, 2.45) is 0 Å². The summed E-state index contributed by atoms with van der Waals surface area (Å²) in [7, 11) is 0. The molecule has 0 aromatic rings. The molecule has 1 amide bonds. The zero-order valence-corrected chi connectivity index (χ0v) is 12.4. The number of amides is 1. The fourth-order valence-electron chi connectivity index (χ4n) is 1.64. The maximum absolute atomic E-state index is 12.5. The van der Waals surface area contributed by atoms with Crippen LogP contribution in [0.3, 0.4) is 0 Å². The molecule has 0 unspecified atom stereocenters. The van der Waals surface area contributed by atoms with Crippen LogP contribution in [0.15, 0.2) is 0 Å². The third-order valence-corrected chi connectivity index (χ3v) is 2.54. The van der Waals surface area contributed by atoms with E-state index >= 15 is 0 Å². The molecule has 7 heteroatoms. The Balaban J connectivity index is 4.24. The fraction of sp³-hybridized carbons (Fsp3) is 0.923. The summed E-state index contributed by atoms with van der Waals surface area (Å²) in [5.41, 5.74) is 0. The monoisotopic (exact) mass is 298 g/mol. The molecule has 4 nitrogen and oxygen atoms in total. The second-order valence-electron chi connectivity index (χ2n) is 4.84. The average molecular weight is 298 g/mol. The van der Waals surface area contributed by atoms with E-state index in [9.17, 15) is 18.0 Å². The third-order valence-electron chi connectivity index (χ3n) is 2.54. The van der Waals surface area contributed by atoms with Gasteiger partial charge in [-0.3, -0.25) is 4.79 Å². The molecule has 0 aromatic heterocycles. The van der Waals surface area contributed by atoms with E-state index in [1.54, 1.807) is 0 Å². The first-order valence-electron chi connectivity index (χ1n) is 6.92. The minimum absolute atomic E-state index is 0.0695. The van der Waals surface area contributed by atoms with Gasteiger partial charge in [0.25, 0.3) is 0 Å². The minimum Gasteiger partial charge on any atom is -0.382 e. The summed E-state index contributed by atoms with van der Waals surface area (Å²) < 4.78 is 42.4. The number of carbonyl (C=O) groups excluding carboxylic acids is 1. The molecule has 0 bridgehead atoms. The summed E-state index contributed by atoms with van der Waals surface area (Å²) in [4.78, 5) is 12.7. The van der Waals surface area contributed by atoms with Crippen LogP contribution in [-0.4, -0.2) is 55.9 Å². The number of hydrogen-bond donors (Lipinski definition) is 1. The first kappa shape index (κ1) is 19.2. The predicted octanol–water partition coefficient (Wildman–Crippen LogP) is 2.19. The molecule has 0 atom stereocenters. The largest absolute Gasteiger partial charge is 0.406 e. The lowest BCUT2D eigenvalue weighted by Gasteiger charge is -2.24. The number of nitrogens with zero attached hydrogens (tertiary/aromatic N) is 1. The van der Waals surface area contributed by atoms with Gasteiger partial charge in [-0.05, 0) is 13.3 Å². The Kier molecular flexibility index (Phi) is 9.58. The highest BCUT2D eigenvalue weighted by molar-refractivity contribution is 5.76. The van der Waals surface area contributed by atoms with Gasteiger partial charge in [-0.15, -0.1) is 0 Å². The summed E-state index contributed by atoms with van der Waals surface area (Å²) in [5.74, 6) is -0.480. The van der Waals surface area contributed by atoms with E-state index in [0.29, 0.717) is 26.2 Å². The fourth-order valence-corrected chi connectivity index (χ4v) is 1.64. The van der Waals surface area contributed by atoms with Crippen LogP contribution in [0.1, 0.15) is 33.6 Å². The van der Waals surface area contributed by atoms with Crippen molar-refractivity contribution in [1.82, 2.24) is 10.2 Å². The van der Waals surface area contributed by atoms with Gasteiger partial charge < -0.3 is 15.0 Å². The summed E-state index contributed by atoms with van der Waals surface area (Å²) in [5, 5.41) is 3.02. The van der Waals surface area contributed by atoms with Gasteiger partial charge in [-0.1, -0.05) is 13.8 Å². The van der Waals surface area contributed by atoms with Crippen molar-refractivity contribution in [1.29, 1.82) is 0 Å². The van der Waals surface area contributed by atoms with Crippen LogP contribution >= 0.6 is 0 Å². The second kappa shape index (κ2) is 9.99. The number of carbonyl (C=O) groups is 1. The van der Waals surface area contributed by atoms with E-state index in [0.717, 1.165) is 4.90 Å². The van der Waals surface area contributed by atoms with Crippen molar-refractivity contribution in [2.75, 3.05) is 32.8 Å². The van der Waals surface area contributed by atoms with Crippen LogP contribution in [0.2, 0.25) is 0 Å². The Morgan fingerprint density at radius 3 is 2.50 bits per heavy atom.